The van der Waals surface area contributed by atoms with Crippen LogP contribution in [0.15, 0.2) is 41.0 Å². The van der Waals surface area contributed by atoms with Crippen LogP contribution in [0.5, 0.6) is 0 Å². The maximum Gasteiger partial charge on any atom is 0.335 e. The van der Waals surface area contributed by atoms with Gasteiger partial charge >= 0.3 is 5.97 Å². The van der Waals surface area contributed by atoms with Crippen LogP contribution in [0.25, 0.3) is 0 Å². The molecule has 0 aliphatic rings. The highest BCUT2D eigenvalue weighted by atomic mass is 79.9. The van der Waals surface area contributed by atoms with E-state index < -0.39 is 5.97 Å². The Morgan fingerprint density at radius 1 is 1.24 bits per heavy atom. The first-order valence-electron chi connectivity index (χ1n) is 5.99. The number of amides is 1. The maximum absolute atomic E-state index is 12.0. The first-order valence-corrected chi connectivity index (χ1v) is 6.78. The molecule has 2 aromatic rings. The molecular formula is C14H12BrN3O3. The third kappa shape index (κ3) is 3.79. The number of pyridine rings is 1. The summed E-state index contributed by atoms with van der Waals surface area (Å²) in [6, 6.07) is 7.69. The molecule has 0 fully saturated rings. The number of anilines is 1. The van der Waals surface area contributed by atoms with E-state index in [4.69, 9.17) is 10.8 Å². The summed E-state index contributed by atoms with van der Waals surface area (Å²) in [6.07, 6.45) is 1.39. The monoisotopic (exact) mass is 349 g/mol. The topological polar surface area (TPSA) is 105 Å². The Balaban J connectivity index is 2.05. The maximum atomic E-state index is 12.0. The van der Waals surface area contributed by atoms with E-state index in [0.717, 1.165) is 4.47 Å². The number of benzene rings is 1. The number of aromatic carboxylic acids is 1. The molecule has 1 aromatic heterocycles. The molecule has 4 N–H and O–H groups in total. The van der Waals surface area contributed by atoms with Gasteiger partial charge in [-0.05, 0) is 46.3 Å². The van der Waals surface area contributed by atoms with Crippen molar-refractivity contribution in [3.63, 3.8) is 0 Å². The van der Waals surface area contributed by atoms with Crippen molar-refractivity contribution in [2.24, 2.45) is 0 Å². The van der Waals surface area contributed by atoms with Crippen LogP contribution in [0.1, 0.15) is 26.4 Å². The van der Waals surface area contributed by atoms with Gasteiger partial charge in [0, 0.05) is 21.9 Å². The normalized spacial score (nSPS) is 10.1. The lowest BCUT2D eigenvalue weighted by Gasteiger charge is -2.07. The van der Waals surface area contributed by atoms with Gasteiger partial charge in [-0.2, -0.15) is 0 Å². The van der Waals surface area contributed by atoms with Crippen molar-refractivity contribution < 1.29 is 14.7 Å². The summed E-state index contributed by atoms with van der Waals surface area (Å²) in [7, 11) is 0. The summed E-state index contributed by atoms with van der Waals surface area (Å²) in [5, 5.41) is 11.6. The highest BCUT2D eigenvalue weighted by Gasteiger charge is 2.09. The molecule has 21 heavy (non-hydrogen) atoms. The van der Waals surface area contributed by atoms with Crippen LogP contribution in [0.4, 0.5) is 5.69 Å². The first kappa shape index (κ1) is 15.0. The second kappa shape index (κ2) is 6.36. The predicted molar refractivity (Wildman–Crippen MR) is 80.9 cm³/mol. The Labute approximate surface area is 129 Å². The fourth-order valence-electron chi connectivity index (χ4n) is 1.67. The summed E-state index contributed by atoms with van der Waals surface area (Å²) in [6.45, 7) is 0.135. The number of nitrogen functional groups attached to an aromatic ring is 1. The molecule has 0 saturated heterocycles. The number of hydrogen-bond acceptors (Lipinski definition) is 4. The molecular weight excluding hydrogens is 338 g/mol. The van der Waals surface area contributed by atoms with Crippen LogP contribution < -0.4 is 11.1 Å². The fourth-order valence-corrected chi connectivity index (χ4v) is 1.91. The zero-order chi connectivity index (χ0) is 15.4. The standard InChI is InChI=1S/C14H12BrN3O3/c15-11-2-1-8(6-12(11)16)13(19)18-7-10-5-9(14(20)21)3-4-17-10/h1-6H,7,16H2,(H,18,19)(H,20,21). The number of nitrogens with one attached hydrogen (secondary N) is 1. The Morgan fingerprint density at radius 3 is 2.67 bits per heavy atom. The zero-order valence-corrected chi connectivity index (χ0v) is 12.4. The Morgan fingerprint density at radius 2 is 2.00 bits per heavy atom. The number of nitrogens with zero attached hydrogens (tertiary/aromatic N) is 1. The van der Waals surface area contributed by atoms with Crippen molar-refractivity contribution >= 4 is 33.5 Å². The highest BCUT2D eigenvalue weighted by molar-refractivity contribution is 9.10. The number of rotatable bonds is 4. The van der Waals surface area contributed by atoms with Crippen molar-refractivity contribution in [1.29, 1.82) is 0 Å². The van der Waals surface area contributed by atoms with E-state index >= 15 is 0 Å². The Kier molecular flexibility index (Phi) is 4.54. The van der Waals surface area contributed by atoms with Crippen molar-refractivity contribution in [2.45, 2.75) is 6.54 Å². The van der Waals surface area contributed by atoms with E-state index in [0.29, 0.717) is 16.9 Å². The zero-order valence-electron chi connectivity index (χ0n) is 10.8. The molecule has 1 aromatic carbocycles. The summed E-state index contributed by atoms with van der Waals surface area (Å²) in [5.74, 6) is -1.35. The average Bonchev–Trinajstić information content (AvgIpc) is 2.48. The Hall–Kier alpha value is -2.41. The Bertz CT molecular complexity index is 704. The summed E-state index contributed by atoms with van der Waals surface area (Å²) in [5.41, 5.74) is 7.20. The second-order valence-electron chi connectivity index (χ2n) is 4.26. The highest BCUT2D eigenvalue weighted by Crippen LogP contribution is 2.20. The first-order chi connectivity index (χ1) is 9.97. The van der Waals surface area contributed by atoms with Gasteiger partial charge in [0.15, 0.2) is 0 Å². The molecule has 0 unspecified atom stereocenters. The van der Waals surface area contributed by atoms with E-state index in [-0.39, 0.29) is 18.0 Å². The quantitative estimate of drug-likeness (QED) is 0.732. The van der Waals surface area contributed by atoms with Crippen LogP contribution in [0.2, 0.25) is 0 Å². The number of nitrogens with two attached hydrogens (primary N) is 1. The number of halogens is 1. The molecule has 0 atom stereocenters. The van der Waals surface area contributed by atoms with E-state index in [1.807, 2.05) is 0 Å². The second-order valence-corrected chi connectivity index (χ2v) is 5.11. The largest absolute Gasteiger partial charge is 0.478 e. The van der Waals surface area contributed by atoms with Crippen LogP contribution >= 0.6 is 15.9 Å². The van der Waals surface area contributed by atoms with Crippen LogP contribution in [-0.4, -0.2) is 22.0 Å². The molecule has 0 aliphatic carbocycles. The van der Waals surface area contributed by atoms with Crippen molar-refractivity contribution in [3.05, 3.63) is 57.8 Å². The van der Waals surface area contributed by atoms with Crippen LogP contribution in [-0.2, 0) is 6.54 Å². The number of carboxylic acids is 1. The lowest BCUT2D eigenvalue weighted by molar-refractivity contribution is 0.0696. The lowest BCUT2D eigenvalue weighted by Crippen LogP contribution is -2.23. The van der Waals surface area contributed by atoms with Gasteiger partial charge in [0.1, 0.15) is 0 Å². The van der Waals surface area contributed by atoms with Crippen LogP contribution in [0, 0.1) is 0 Å². The molecule has 0 aliphatic heterocycles. The number of carbonyl (C=O) groups excluding carboxylic acids is 1. The number of aromatic nitrogens is 1. The molecule has 1 heterocycles. The fraction of sp³-hybridized carbons (Fsp3) is 0.0714. The summed E-state index contributed by atoms with van der Waals surface area (Å²) in [4.78, 5) is 26.8. The summed E-state index contributed by atoms with van der Waals surface area (Å²) >= 11 is 3.25. The number of carboxylic acid groups (broad SMARTS) is 1. The van der Waals surface area contributed by atoms with E-state index in [1.165, 1.54) is 18.3 Å². The van der Waals surface area contributed by atoms with E-state index in [9.17, 15) is 9.59 Å². The molecule has 0 radical (unpaired) electrons. The third-order valence-corrected chi connectivity index (χ3v) is 3.47. The van der Waals surface area contributed by atoms with Gasteiger partial charge < -0.3 is 16.2 Å². The number of carbonyl (C=O) groups is 2. The van der Waals surface area contributed by atoms with Gasteiger partial charge in [-0.15, -0.1) is 0 Å². The van der Waals surface area contributed by atoms with Crippen molar-refractivity contribution in [3.8, 4) is 0 Å². The molecule has 1 amide bonds. The van der Waals surface area contributed by atoms with Crippen molar-refractivity contribution in [1.82, 2.24) is 10.3 Å². The van der Waals surface area contributed by atoms with Crippen molar-refractivity contribution in [2.75, 3.05) is 5.73 Å². The van der Waals surface area contributed by atoms with Gasteiger partial charge in [-0.3, -0.25) is 9.78 Å². The van der Waals surface area contributed by atoms with Gasteiger partial charge in [0.05, 0.1) is 17.8 Å². The van der Waals surface area contributed by atoms with Gasteiger partial charge in [0.2, 0.25) is 0 Å². The molecule has 0 bridgehead atoms. The van der Waals surface area contributed by atoms with Gasteiger partial charge in [-0.25, -0.2) is 4.79 Å². The molecule has 0 saturated carbocycles. The molecule has 108 valence electrons. The average molecular weight is 350 g/mol. The SMILES string of the molecule is Nc1cc(C(=O)NCc2cc(C(=O)O)ccn2)ccc1Br. The van der Waals surface area contributed by atoms with E-state index in [2.05, 4.69) is 26.2 Å². The van der Waals surface area contributed by atoms with Gasteiger partial charge in [0.25, 0.3) is 5.91 Å². The minimum Gasteiger partial charge on any atom is -0.478 e. The predicted octanol–water partition coefficient (Wildman–Crippen LogP) is 2.05. The minimum absolute atomic E-state index is 0.127. The molecule has 6 nitrogen and oxygen atoms in total. The third-order valence-electron chi connectivity index (χ3n) is 2.75. The lowest BCUT2D eigenvalue weighted by atomic mass is 10.2. The van der Waals surface area contributed by atoms with E-state index in [1.54, 1.807) is 18.2 Å². The molecule has 2 rings (SSSR count). The van der Waals surface area contributed by atoms with Crippen LogP contribution in [0.3, 0.4) is 0 Å². The van der Waals surface area contributed by atoms with Gasteiger partial charge in [-0.1, -0.05) is 0 Å². The molecule has 0 spiro atoms. The smallest absolute Gasteiger partial charge is 0.335 e. The number of hydrogen-bond donors (Lipinski definition) is 3. The molecule has 7 heteroatoms. The summed E-state index contributed by atoms with van der Waals surface area (Å²) < 4.78 is 0.717. The minimum atomic E-state index is -1.04.